The number of phosphoric ester groups is 1. The fraction of sp³-hybridized carbons (Fsp3) is 0.760. The first-order valence-corrected chi connectivity index (χ1v) is 37.1. The average Bonchev–Trinajstić information content (AvgIpc) is 3.53. The van der Waals surface area contributed by atoms with E-state index in [1.165, 1.54) is 186 Å². The van der Waals surface area contributed by atoms with Crippen molar-refractivity contribution in [2.45, 2.75) is 328 Å². The van der Waals surface area contributed by atoms with E-state index < -0.39 is 20.0 Å². The predicted octanol–water partition coefficient (Wildman–Crippen LogP) is 22.7. The molecule has 0 aliphatic heterocycles. The van der Waals surface area contributed by atoms with Crippen LogP contribution in [0.4, 0.5) is 0 Å². The molecule has 3 atom stereocenters. The molecule has 0 fully saturated rings. The second kappa shape index (κ2) is 63.9. The largest absolute Gasteiger partial charge is 0.472 e. The van der Waals surface area contributed by atoms with Gasteiger partial charge in [0.05, 0.1) is 33.8 Å². The molecule has 0 aromatic heterocycles. The molecule has 0 aliphatic rings. The number of phosphoric acid groups is 1. The van der Waals surface area contributed by atoms with Crippen LogP contribution in [0.5, 0.6) is 0 Å². The van der Waals surface area contributed by atoms with E-state index in [1.807, 2.05) is 33.3 Å². The molecule has 0 saturated heterocycles. The van der Waals surface area contributed by atoms with Gasteiger partial charge in [-0.2, -0.15) is 0 Å². The molecule has 9 nitrogen and oxygen atoms in total. The van der Waals surface area contributed by atoms with Crippen molar-refractivity contribution in [3.05, 3.63) is 97.2 Å². The third-order valence-electron chi connectivity index (χ3n) is 15.5. The van der Waals surface area contributed by atoms with Crippen LogP contribution < -0.4 is 5.32 Å². The maximum Gasteiger partial charge on any atom is 0.472 e. The Hall–Kier alpha value is -3.07. The first kappa shape index (κ1) is 81.9. The zero-order chi connectivity index (χ0) is 62.1. The van der Waals surface area contributed by atoms with E-state index in [-0.39, 0.29) is 31.5 Å². The fourth-order valence-electron chi connectivity index (χ4n) is 10.1. The van der Waals surface area contributed by atoms with E-state index in [0.717, 1.165) is 96.3 Å². The lowest BCUT2D eigenvalue weighted by Crippen LogP contribution is -2.47. The van der Waals surface area contributed by atoms with Gasteiger partial charge in [-0.25, -0.2) is 4.57 Å². The monoisotopic (exact) mass is 1210 g/mol. The van der Waals surface area contributed by atoms with Crippen molar-refractivity contribution in [3.8, 4) is 0 Å². The molecule has 492 valence electrons. The highest BCUT2D eigenvalue weighted by Gasteiger charge is 2.30. The first-order valence-electron chi connectivity index (χ1n) is 35.6. The number of likely N-dealkylation sites (N-methyl/N-ethyl adjacent to an activating group) is 1. The summed E-state index contributed by atoms with van der Waals surface area (Å²) >= 11 is 0. The lowest BCUT2D eigenvalue weighted by atomic mass is 10.0. The van der Waals surface area contributed by atoms with Gasteiger partial charge in [-0.1, -0.05) is 292 Å². The van der Waals surface area contributed by atoms with Gasteiger partial charge in [0.15, 0.2) is 0 Å². The van der Waals surface area contributed by atoms with E-state index in [9.17, 15) is 19.0 Å². The summed E-state index contributed by atoms with van der Waals surface area (Å²) in [5, 5.41) is 3.07. The van der Waals surface area contributed by atoms with E-state index >= 15 is 0 Å². The smallest absolute Gasteiger partial charge is 0.456 e. The number of carbonyl (C=O) groups excluding carboxylic acids is 2. The molecule has 0 aromatic carbocycles. The van der Waals surface area contributed by atoms with Crippen molar-refractivity contribution in [1.29, 1.82) is 0 Å². The average molecular weight is 1210 g/mol. The molecule has 0 rings (SSSR count). The molecule has 3 unspecified atom stereocenters. The Labute approximate surface area is 526 Å². The van der Waals surface area contributed by atoms with Crippen molar-refractivity contribution in [2.24, 2.45) is 0 Å². The summed E-state index contributed by atoms with van der Waals surface area (Å²) in [7, 11) is 1.49. The Bertz CT molecular complexity index is 1780. The van der Waals surface area contributed by atoms with Gasteiger partial charge < -0.3 is 19.4 Å². The zero-order valence-electron chi connectivity index (χ0n) is 56.3. The zero-order valence-corrected chi connectivity index (χ0v) is 57.2. The van der Waals surface area contributed by atoms with Crippen LogP contribution in [0.15, 0.2) is 97.2 Å². The van der Waals surface area contributed by atoms with Gasteiger partial charge in [0, 0.05) is 12.8 Å². The summed E-state index contributed by atoms with van der Waals surface area (Å²) in [4.78, 5) is 37.9. The number of allylic oxidation sites excluding steroid dienone is 15. The van der Waals surface area contributed by atoms with Gasteiger partial charge in [0.2, 0.25) is 5.91 Å². The number of esters is 1. The van der Waals surface area contributed by atoms with Crippen LogP contribution in [0.3, 0.4) is 0 Å². The van der Waals surface area contributed by atoms with Crippen LogP contribution >= 0.6 is 7.82 Å². The summed E-state index contributed by atoms with van der Waals surface area (Å²) in [6, 6.07) is -0.858. The molecule has 0 heterocycles. The second-order valence-corrected chi connectivity index (χ2v) is 26.5. The topological polar surface area (TPSA) is 111 Å². The van der Waals surface area contributed by atoms with Gasteiger partial charge in [-0.05, 0) is 109 Å². The van der Waals surface area contributed by atoms with Crippen LogP contribution in [0.25, 0.3) is 0 Å². The number of nitrogens with zero attached hydrogens (tertiary/aromatic N) is 1. The number of nitrogens with one attached hydrogen (secondary N) is 1. The molecular formula is C75H136N2O7P+. The minimum atomic E-state index is -4.46. The summed E-state index contributed by atoms with van der Waals surface area (Å²) in [6.07, 6.45) is 86.9. The predicted molar refractivity (Wildman–Crippen MR) is 369 cm³/mol. The van der Waals surface area contributed by atoms with Crippen molar-refractivity contribution in [3.63, 3.8) is 0 Å². The lowest BCUT2D eigenvalue weighted by molar-refractivity contribution is -0.870. The van der Waals surface area contributed by atoms with Gasteiger partial charge in [-0.15, -0.1) is 0 Å². The van der Waals surface area contributed by atoms with Crippen LogP contribution in [0.2, 0.25) is 0 Å². The van der Waals surface area contributed by atoms with Crippen molar-refractivity contribution < 1.29 is 37.3 Å². The number of ether oxygens (including phenoxy) is 1. The Morgan fingerprint density at radius 2 is 0.753 bits per heavy atom. The molecule has 0 saturated carbocycles. The molecule has 85 heavy (non-hydrogen) atoms. The van der Waals surface area contributed by atoms with Crippen molar-refractivity contribution in [1.82, 2.24) is 5.32 Å². The molecule has 0 aliphatic carbocycles. The molecule has 10 heteroatoms. The normalized spacial score (nSPS) is 14.1. The van der Waals surface area contributed by atoms with Gasteiger partial charge in [-0.3, -0.25) is 18.6 Å². The molecule has 2 N–H and O–H groups in total. The maximum atomic E-state index is 13.6. The number of carbonyl (C=O) groups is 2. The summed E-state index contributed by atoms with van der Waals surface area (Å²) in [5.74, 6) is -0.508. The Balaban J connectivity index is 5.10. The standard InChI is InChI=1S/C75H135N2O7P/c1-7-10-13-16-19-22-25-28-30-32-34-35-36-37-38-39-40-41-43-44-46-49-52-55-58-61-64-67-74(78)76-72(71-83-85(80,81)82-70-69-77(4,5)6)73(66-63-60-57-54-51-48-27-24-21-18-15-12-9-3)84-75(79)68-65-62-59-56-53-50-47-45-42-33-31-29-26-23-20-17-14-11-8-2/h10,13,19-20,22-23,28-31,34-35,37-38,63,66,72-73H,7-9,11-12,14-18,21,24-27,32-33,36,39-62,64-65,67-71H2,1-6H3,(H-,76,78,80,81)/p+1/b13-10-,22-19-,23-20-,30-28-,31-29-,35-34-,38-37-,66-63-. The van der Waals surface area contributed by atoms with Crippen molar-refractivity contribution >= 4 is 19.7 Å². The number of rotatable bonds is 64. The molecule has 0 spiro atoms. The SMILES string of the molecule is CC/C=C\C/C=C\C/C=C\C/C=C\C/C=C\CCCCCCCCCCCCCC(=O)NC(COP(=O)(O)OCC[N+](C)(C)C)C(/C=C\CCCCCCCCCCCCC)OC(=O)CCCCCCCCCCC/C=C\C/C=C\CCCCC. The molecule has 1 amide bonds. The van der Waals surface area contributed by atoms with Crippen LogP contribution in [0.1, 0.15) is 316 Å². The van der Waals surface area contributed by atoms with E-state index in [2.05, 4.69) is 111 Å². The second-order valence-electron chi connectivity index (χ2n) is 25.0. The highest BCUT2D eigenvalue weighted by Crippen LogP contribution is 2.43. The first-order chi connectivity index (χ1) is 41.4. The van der Waals surface area contributed by atoms with E-state index in [4.69, 9.17) is 13.8 Å². The summed E-state index contributed by atoms with van der Waals surface area (Å²) in [5.41, 5.74) is 0. The van der Waals surface area contributed by atoms with E-state index in [1.54, 1.807) is 0 Å². The molecule has 0 aromatic rings. The molecule has 0 radical (unpaired) electrons. The number of unbranched alkanes of at least 4 members (excludes halogenated alkanes) is 34. The molecular weight excluding hydrogens is 1070 g/mol. The highest BCUT2D eigenvalue weighted by molar-refractivity contribution is 7.47. The Morgan fingerprint density at radius 3 is 1.15 bits per heavy atom. The Kier molecular flexibility index (Phi) is 61.6. The molecule has 0 bridgehead atoms. The minimum absolute atomic E-state index is 0.0358. The number of quaternary nitrogens is 1. The van der Waals surface area contributed by atoms with Gasteiger partial charge >= 0.3 is 13.8 Å². The fourth-order valence-corrected chi connectivity index (χ4v) is 10.8. The van der Waals surface area contributed by atoms with Gasteiger partial charge in [0.1, 0.15) is 19.3 Å². The third kappa shape index (κ3) is 65.2. The minimum Gasteiger partial charge on any atom is -0.456 e. The van der Waals surface area contributed by atoms with E-state index in [0.29, 0.717) is 17.4 Å². The van der Waals surface area contributed by atoms with Crippen LogP contribution in [-0.4, -0.2) is 74.3 Å². The third-order valence-corrected chi connectivity index (χ3v) is 16.5. The Morgan fingerprint density at radius 1 is 0.424 bits per heavy atom. The number of hydrogen-bond acceptors (Lipinski definition) is 6. The van der Waals surface area contributed by atoms with Gasteiger partial charge in [0.25, 0.3) is 0 Å². The maximum absolute atomic E-state index is 13.6. The van der Waals surface area contributed by atoms with Crippen LogP contribution in [0, 0.1) is 0 Å². The summed E-state index contributed by atoms with van der Waals surface area (Å²) < 4.78 is 30.8. The number of amides is 1. The highest BCUT2D eigenvalue weighted by atomic mass is 31.2. The summed E-state index contributed by atoms with van der Waals surface area (Å²) in [6.45, 7) is 6.90. The quantitative estimate of drug-likeness (QED) is 0.0205. The van der Waals surface area contributed by atoms with Crippen molar-refractivity contribution in [2.75, 3.05) is 40.9 Å². The van der Waals surface area contributed by atoms with Crippen LogP contribution in [-0.2, 0) is 27.9 Å². The lowest BCUT2D eigenvalue weighted by Gasteiger charge is -2.27. The number of hydrogen-bond donors (Lipinski definition) is 2.